The molecular formula is C18H12Cl2N2O2. The van der Waals surface area contributed by atoms with Gasteiger partial charge in [0, 0.05) is 5.56 Å². The zero-order valence-corrected chi connectivity index (χ0v) is 13.8. The van der Waals surface area contributed by atoms with Gasteiger partial charge >= 0.3 is 0 Å². The van der Waals surface area contributed by atoms with Crippen molar-refractivity contribution in [3.8, 4) is 5.75 Å². The van der Waals surface area contributed by atoms with E-state index < -0.39 is 5.91 Å². The fourth-order valence-electron chi connectivity index (χ4n) is 2.26. The zero-order valence-electron chi connectivity index (χ0n) is 12.3. The fraction of sp³-hybridized carbons (Fsp3) is 0. The van der Waals surface area contributed by atoms with Gasteiger partial charge in [-0.25, -0.2) is 5.43 Å². The Morgan fingerprint density at radius 3 is 2.29 bits per heavy atom. The summed E-state index contributed by atoms with van der Waals surface area (Å²) in [5.41, 5.74) is 3.00. The Morgan fingerprint density at radius 1 is 1.00 bits per heavy atom. The lowest BCUT2D eigenvalue weighted by molar-refractivity contribution is 0.0952. The van der Waals surface area contributed by atoms with Crippen LogP contribution in [-0.4, -0.2) is 17.2 Å². The molecule has 0 unspecified atom stereocenters. The van der Waals surface area contributed by atoms with Gasteiger partial charge in [0.25, 0.3) is 5.91 Å². The largest absolute Gasteiger partial charge is 0.507 e. The topological polar surface area (TPSA) is 61.7 Å². The molecule has 0 saturated heterocycles. The summed E-state index contributed by atoms with van der Waals surface area (Å²) in [5, 5.41) is 16.4. The Bertz CT molecular complexity index is 935. The maximum atomic E-state index is 12.2. The van der Waals surface area contributed by atoms with Crippen LogP contribution in [0.15, 0.2) is 59.7 Å². The lowest BCUT2D eigenvalue weighted by Gasteiger charge is -2.06. The van der Waals surface area contributed by atoms with Crippen LogP contribution in [0.1, 0.15) is 15.9 Å². The number of hydrogen-bond donors (Lipinski definition) is 2. The Labute approximate surface area is 148 Å². The summed E-state index contributed by atoms with van der Waals surface area (Å²) < 4.78 is 0. The number of carbonyl (C=O) groups is 1. The van der Waals surface area contributed by atoms with Crippen molar-refractivity contribution in [1.82, 2.24) is 5.43 Å². The molecular weight excluding hydrogens is 347 g/mol. The van der Waals surface area contributed by atoms with Crippen molar-refractivity contribution in [1.29, 1.82) is 0 Å². The molecule has 6 heteroatoms. The van der Waals surface area contributed by atoms with E-state index in [0.29, 0.717) is 15.6 Å². The summed E-state index contributed by atoms with van der Waals surface area (Å²) in [4.78, 5) is 12.2. The van der Waals surface area contributed by atoms with Crippen LogP contribution in [0.4, 0.5) is 0 Å². The fourth-order valence-corrected chi connectivity index (χ4v) is 2.75. The van der Waals surface area contributed by atoms with E-state index in [-0.39, 0.29) is 11.3 Å². The van der Waals surface area contributed by atoms with Crippen LogP contribution < -0.4 is 5.43 Å². The number of benzene rings is 3. The maximum Gasteiger partial charge on any atom is 0.275 e. The number of nitrogens with one attached hydrogen (secondary N) is 1. The number of phenols is 1. The molecule has 0 aliphatic heterocycles. The highest BCUT2D eigenvalue weighted by molar-refractivity contribution is 6.38. The molecule has 0 atom stereocenters. The first-order chi connectivity index (χ1) is 11.6. The number of hydrogen-bond acceptors (Lipinski definition) is 3. The second-order valence-corrected chi connectivity index (χ2v) is 5.87. The third-order valence-corrected chi connectivity index (χ3v) is 4.13. The number of phenolic OH excluding ortho intramolecular Hbond substituents is 1. The van der Waals surface area contributed by atoms with Crippen LogP contribution in [0, 0.1) is 0 Å². The average Bonchev–Trinajstić information content (AvgIpc) is 2.56. The van der Waals surface area contributed by atoms with Gasteiger partial charge < -0.3 is 5.11 Å². The van der Waals surface area contributed by atoms with Crippen molar-refractivity contribution in [3.05, 3.63) is 75.8 Å². The first-order valence-corrected chi connectivity index (χ1v) is 7.81. The molecule has 0 radical (unpaired) electrons. The molecule has 24 heavy (non-hydrogen) atoms. The van der Waals surface area contributed by atoms with E-state index in [1.807, 2.05) is 24.3 Å². The van der Waals surface area contributed by atoms with Crippen LogP contribution in [0.2, 0.25) is 10.0 Å². The average molecular weight is 359 g/mol. The number of halogens is 2. The molecule has 2 N–H and O–H groups in total. The highest BCUT2D eigenvalue weighted by Crippen LogP contribution is 2.25. The van der Waals surface area contributed by atoms with Crippen molar-refractivity contribution >= 4 is 46.1 Å². The normalized spacial score (nSPS) is 11.1. The van der Waals surface area contributed by atoms with Gasteiger partial charge in [-0.05, 0) is 35.0 Å². The Balaban J connectivity index is 1.83. The Hall–Kier alpha value is -2.56. The second kappa shape index (κ2) is 6.91. The molecule has 120 valence electrons. The van der Waals surface area contributed by atoms with Crippen molar-refractivity contribution < 1.29 is 9.90 Å². The SMILES string of the molecule is O=C(NN=Cc1c(Cl)cccc1Cl)c1cc2ccccc2cc1O. The standard InChI is InChI=1S/C18H12Cl2N2O2/c19-15-6-3-7-16(20)14(15)10-21-22-18(24)13-8-11-4-1-2-5-12(11)9-17(13)23/h1-10,23H,(H,22,24). The highest BCUT2D eigenvalue weighted by atomic mass is 35.5. The van der Waals surface area contributed by atoms with Gasteiger partial charge in [0.1, 0.15) is 5.75 Å². The van der Waals surface area contributed by atoms with Crippen LogP contribution in [0.3, 0.4) is 0 Å². The van der Waals surface area contributed by atoms with E-state index in [9.17, 15) is 9.90 Å². The number of carbonyl (C=O) groups excluding carboxylic acids is 1. The molecule has 0 heterocycles. The van der Waals surface area contributed by atoms with Gasteiger partial charge in [-0.2, -0.15) is 5.10 Å². The first-order valence-electron chi connectivity index (χ1n) is 7.05. The summed E-state index contributed by atoms with van der Waals surface area (Å²) in [6.07, 6.45) is 1.36. The Morgan fingerprint density at radius 2 is 1.62 bits per heavy atom. The van der Waals surface area contributed by atoms with E-state index in [1.165, 1.54) is 6.21 Å². The second-order valence-electron chi connectivity index (χ2n) is 5.05. The minimum Gasteiger partial charge on any atom is -0.507 e. The van der Waals surface area contributed by atoms with Crippen molar-refractivity contribution in [2.75, 3.05) is 0 Å². The lowest BCUT2D eigenvalue weighted by atomic mass is 10.1. The van der Waals surface area contributed by atoms with E-state index in [2.05, 4.69) is 10.5 Å². The first kappa shape index (κ1) is 16.3. The molecule has 0 aliphatic rings. The van der Waals surface area contributed by atoms with E-state index in [1.54, 1.807) is 30.3 Å². The minimum absolute atomic E-state index is 0.114. The number of aromatic hydroxyl groups is 1. The molecule has 0 spiro atoms. The van der Waals surface area contributed by atoms with E-state index in [4.69, 9.17) is 23.2 Å². The van der Waals surface area contributed by atoms with Crippen molar-refractivity contribution in [2.24, 2.45) is 5.10 Å². The van der Waals surface area contributed by atoms with Crippen molar-refractivity contribution in [3.63, 3.8) is 0 Å². The predicted molar refractivity (Wildman–Crippen MR) is 97.1 cm³/mol. The quantitative estimate of drug-likeness (QED) is 0.530. The third kappa shape index (κ3) is 3.35. The van der Waals surface area contributed by atoms with Gasteiger partial charge in [-0.15, -0.1) is 0 Å². The third-order valence-electron chi connectivity index (χ3n) is 3.47. The minimum atomic E-state index is -0.530. The Kier molecular flexibility index (Phi) is 4.69. The van der Waals surface area contributed by atoms with Gasteiger partial charge in [0.2, 0.25) is 0 Å². The number of nitrogens with zero attached hydrogens (tertiary/aromatic N) is 1. The summed E-state index contributed by atoms with van der Waals surface area (Å²) in [6, 6.07) is 15.6. The zero-order chi connectivity index (χ0) is 17.1. The molecule has 0 saturated carbocycles. The highest BCUT2D eigenvalue weighted by Gasteiger charge is 2.12. The van der Waals surface area contributed by atoms with E-state index in [0.717, 1.165) is 10.8 Å². The van der Waals surface area contributed by atoms with Crippen molar-refractivity contribution in [2.45, 2.75) is 0 Å². The number of rotatable bonds is 3. The molecule has 3 aromatic carbocycles. The van der Waals surface area contributed by atoms with Gasteiger partial charge in [-0.1, -0.05) is 53.5 Å². The van der Waals surface area contributed by atoms with Gasteiger partial charge in [0.15, 0.2) is 0 Å². The molecule has 0 aliphatic carbocycles. The molecule has 0 fully saturated rings. The van der Waals surface area contributed by atoms with Crippen LogP contribution in [0.5, 0.6) is 5.75 Å². The summed E-state index contributed by atoms with van der Waals surface area (Å²) >= 11 is 12.0. The number of hydrazone groups is 1. The summed E-state index contributed by atoms with van der Waals surface area (Å²) in [7, 11) is 0. The molecule has 3 rings (SSSR count). The smallest absolute Gasteiger partial charge is 0.275 e. The monoisotopic (exact) mass is 358 g/mol. The molecule has 0 aromatic heterocycles. The summed E-state index contributed by atoms with van der Waals surface area (Å²) in [5.74, 6) is -0.644. The summed E-state index contributed by atoms with van der Waals surface area (Å²) in [6.45, 7) is 0. The molecule has 3 aromatic rings. The van der Waals surface area contributed by atoms with Gasteiger partial charge in [-0.3, -0.25) is 4.79 Å². The molecule has 1 amide bonds. The molecule has 0 bridgehead atoms. The van der Waals surface area contributed by atoms with Crippen LogP contribution in [-0.2, 0) is 0 Å². The van der Waals surface area contributed by atoms with Crippen LogP contribution >= 0.6 is 23.2 Å². The predicted octanol–water partition coefficient (Wildman–Crippen LogP) is 4.62. The van der Waals surface area contributed by atoms with E-state index >= 15 is 0 Å². The van der Waals surface area contributed by atoms with Crippen LogP contribution in [0.25, 0.3) is 10.8 Å². The van der Waals surface area contributed by atoms with Gasteiger partial charge in [0.05, 0.1) is 21.8 Å². The molecule has 4 nitrogen and oxygen atoms in total. The maximum absolute atomic E-state index is 12.2. The lowest BCUT2D eigenvalue weighted by Crippen LogP contribution is -2.17. The number of fused-ring (bicyclic) bond motifs is 1. The number of amides is 1.